The molecule has 6 nitrogen and oxygen atoms in total. The monoisotopic (exact) mass is 375 g/mol. The van der Waals surface area contributed by atoms with Gasteiger partial charge in [0.05, 0.1) is 27.8 Å². The van der Waals surface area contributed by atoms with Crippen LogP contribution in [-0.2, 0) is 20.1 Å². The van der Waals surface area contributed by atoms with E-state index in [1.54, 1.807) is 23.1 Å². The van der Waals surface area contributed by atoms with E-state index in [9.17, 15) is 4.79 Å². The molecule has 0 saturated carbocycles. The summed E-state index contributed by atoms with van der Waals surface area (Å²) in [5.41, 5.74) is 1.40. The summed E-state index contributed by atoms with van der Waals surface area (Å²) in [5.74, 6) is 1.42. The van der Waals surface area contributed by atoms with Crippen molar-refractivity contribution in [3.05, 3.63) is 58.0 Å². The molecule has 0 unspecified atom stereocenters. The number of nitrogens with zero attached hydrogens (tertiary/aromatic N) is 5. The summed E-state index contributed by atoms with van der Waals surface area (Å²) in [5, 5.41) is 9.23. The second-order valence-electron chi connectivity index (χ2n) is 5.92. The number of fused-ring (bicyclic) bond motifs is 1. The van der Waals surface area contributed by atoms with Crippen LogP contribution in [0.5, 0.6) is 0 Å². The fourth-order valence-electron chi connectivity index (χ4n) is 3.05. The van der Waals surface area contributed by atoms with Crippen LogP contribution in [-0.4, -0.2) is 36.7 Å². The number of amides is 1. The first kappa shape index (κ1) is 16.2. The summed E-state index contributed by atoms with van der Waals surface area (Å²) in [6.45, 7) is 1.58. The molecule has 0 fully saturated rings. The minimum Gasteiger partial charge on any atom is -0.348 e. The van der Waals surface area contributed by atoms with Crippen LogP contribution in [0.25, 0.3) is 11.5 Å². The van der Waals surface area contributed by atoms with E-state index in [1.165, 1.54) is 0 Å². The van der Waals surface area contributed by atoms with Crippen molar-refractivity contribution in [2.75, 3.05) is 6.54 Å². The summed E-state index contributed by atoms with van der Waals surface area (Å²) in [4.78, 5) is 14.5. The number of halogens is 2. The zero-order chi connectivity index (χ0) is 17.6. The highest BCUT2D eigenvalue weighted by Crippen LogP contribution is 2.28. The Kier molecular flexibility index (Phi) is 4.01. The van der Waals surface area contributed by atoms with Crippen molar-refractivity contribution in [1.82, 2.24) is 24.2 Å². The SMILES string of the molecule is Cn1cccc1-c1nnc2n1CCN(C(=O)c1cccc(Cl)c1Cl)C2. The lowest BCUT2D eigenvalue weighted by molar-refractivity contribution is 0.0708. The first-order valence-corrected chi connectivity index (χ1v) is 8.59. The van der Waals surface area contributed by atoms with E-state index >= 15 is 0 Å². The van der Waals surface area contributed by atoms with Crippen molar-refractivity contribution in [1.29, 1.82) is 0 Å². The summed E-state index contributed by atoms with van der Waals surface area (Å²) in [6, 6.07) is 9.05. The Balaban J connectivity index is 1.62. The average Bonchev–Trinajstić information content (AvgIpc) is 3.21. The Morgan fingerprint density at radius 3 is 2.72 bits per heavy atom. The van der Waals surface area contributed by atoms with Gasteiger partial charge in [-0.25, -0.2) is 0 Å². The molecule has 0 spiro atoms. The molecule has 1 aliphatic rings. The standard InChI is InChI=1S/C17H15Cl2N5O/c1-22-7-3-6-13(22)16-21-20-14-10-23(8-9-24(14)16)17(25)11-4-2-5-12(18)15(11)19/h2-7H,8-10H2,1H3. The van der Waals surface area contributed by atoms with Crippen LogP contribution in [0.1, 0.15) is 16.2 Å². The number of carbonyl (C=O) groups excluding carboxylic acids is 1. The molecule has 0 saturated heterocycles. The molecule has 0 N–H and O–H groups in total. The first-order valence-electron chi connectivity index (χ1n) is 7.83. The van der Waals surface area contributed by atoms with E-state index in [1.807, 2.05) is 29.9 Å². The fraction of sp³-hybridized carbons (Fsp3) is 0.235. The number of benzene rings is 1. The Morgan fingerprint density at radius 1 is 1.12 bits per heavy atom. The number of aryl methyl sites for hydroxylation is 1. The summed E-state index contributed by atoms with van der Waals surface area (Å²) >= 11 is 12.2. The van der Waals surface area contributed by atoms with Crippen molar-refractivity contribution in [3.63, 3.8) is 0 Å². The molecule has 1 aliphatic heterocycles. The van der Waals surface area contributed by atoms with E-state index in [-0.39, 0.29) is 10.9 Å². The van der Waals surface area contributed by atoms with E-state index in [4.69, 9.17) is 23.2 Å². The van der Waals surface area contributed by atoms with Crippen LogP contribution >= 0.6 is 23.2 Å². The van der Waals surface area contributed by atoms with Crippen molar-refractivity contribution >= 4 is 29.1 Å². The predicted octanol–water partition coefficient (Wildman–Crippen LogP) is 3.25. The molecule has 0 bridgehead atoms. The third kappa shape index (κ3) is 2.71. The summed E-state index contributed by atoms with van der Waals surface area (Å²) in [7, 11) is 1.97. The van der Waals surface area contributed by atoms with E-state index in [0.29, 0.717) is 30.2 Å². The minimum atomic E-state index is -0.151. The molecule has 3 heterocycles. The van der Waals surface area contributed by atoms with Gasteiger partial charge in [0.25, 0.3) is 5.91 Å². The Labute approximate surface area is 154 Å². The molecule has 25 heavy (non-hydrogen) atoms. The van der Waals surface area contributed by atoms with Crippen molar-refractivity contribution in [3.8, 4) is 11.5 Å². The van der Waals surface area contributed by atoms with Crippen LogP contribution < -0.4 is 0 Å². The molecular weight excluding hydrogens is 361 g/mol. The third-order valence-electron chi connectivity index (χ3n) is 4.40. The van der Waals surface area contributed by atoms with Gasteiger partial charge in [-0.15, -0.1) is 10.2 Å². The van der Waals surface area contributed by atoms with E-state index < -0.39 is 0 Å². The molecule has 0 atom stereocenters. The maximum atomic E-state index is 12.8. The van der Waals surface area contributed by atoms with Crippen LogP contribution in [0.3, 0.4) is 0 Å². The number of carbonyl (C=O) groups is 1. The largest absolute Gasteiger partial charge is 0.348 e. The van der Waals surface area contributed by atoms with Crippen molar-refractivity contribution in [2.24, 2.45) is 7.05 Å². The van der Waals surface area contributed by atoms with E-state index in [0.717, 1.165) is 17.3 Å². The van der Waals surface area contributed by atoms with Gasteiger partial charge in [-0.3, -0.25) is 4.79 Å². The van der Waals surface area contributed by atoms with Gasteiger partial charge in [0, 0.05) is 26.3 Å². The zero-order valence-corrected chi connectivity index (χ0v) is 15.0. The van der Waals surface area contributed by atoms with Gasteiger partial charge >= 0.3 is 0 Å². The lowest BCUT2D eigenvalue weighted by atomic mass is 10.2. The summed E-state index contributed by atoms with van der Waals surface area (Å²) in [6.07, 6.45) is 1.97. The molecule has 128 valence electrons. The van der Waals surface area contributed by atoms with Gasteiger partial charge in [-0.2, -0.15) is 0 Å². The van der Waals surface area contributed by atoms with Gasteiger partial charge in [-0.1, -0.05) is 29.3 Å². The average molecular weight is 376 g/mol. The lowest BCUT2D eigenvalue weighted by Gasteiger charge is -2.28. The molecule has 2 aromatic heterocycles. The third-order valence-corrected chi connectivity index (χ3v) is 5.21. The van der Waals surface area contributed by atoms with Crippen molar-refractivity contribution < 1.29 is 4.79 Å². The molecule has 0 aliphatic carbocycles. The quantitative estimate of drug-likeness (QED) is 0.690. The second kappa shape index (κ2) is 6.20. The molecular formula is C17H15Cl2N5O. The molecule has 3 aromatic rings. The normalized spacial score (nSPS) is 13.8. The second-order valence-corrected chi connectivity index (χ2v) is 6.71. The maximum Gasteiger partial charge on any atom is 0.255 e. The number of hydrogen-bond acceptors (Lipinski definition) is 3. The lowest BCUT2D eigenvalue weighted by Crippen LogP contribution is -2.38. The fourth-order valence-corrected chi connectivity index (χ4v) is 3.43. The van der Waals surface area contributed by atoms with Crippen LogP contribution in [0.4, 0.5) is 0 Å². The predicted molar refractivity (Wildman–Crippen MR) is 95.6 cm³/mol. The Bertz CT molecular complexity index is 962. The first-order chi connectivity index (χ1) is 12.1. The Morgan fingerprint density at radius 2 is 1.96 bits per heavy atom. The van der Waals surface area contributed by atoms with Crippen LogP contribution in [0.15, 0.2) is 36.5 Å². The highest BCUT2D eigenvalue weighted by Gasteiger charge is 2.27. The van der Waals surface area contributed by atoms with Crippen LogP contribution in [0, 0.1) is 0 Å². The molecule has 1 amide bonds. The van der Waals surface area contributed by atoms with Crippen molar-refractivity contribution in [2.45, 2.75) is 13.1 Å². The van der Waals surface area contributed by atoms with Crippen LogP contribution in [0.2, 0.25) is 10.0 Å². The van der Waals surface area contributed by atoms with Gasteiger partial charge < -0.3 is 14.0 Å². The highest BCUT2D eigenvalue weighted by molar-refractivity contribution is 6.43. The van der Waals surface area contributed by atoms with E-state index in [2.05, 4.69) is 14.8 Å². The molecule has 4 rings (SSSR count). The van der Waals surface area contributed by atoms with Gasteiger partial charge in [-0.05, 0) is 24.3 Å². The number of hydrogen-bond donors (Lipinski definition) is 0. The minimum absolute atomic E-state index is 0.151. The maximum absolute atomic E-state index is 12.8. The highest BCUT2D eigenvalue weighted by atomic mass is 35.5. The zero-order valence-electron chi connectivity index (χ0n) is 13.5. The Hall–Kier alpha value is -2.31. The summed E-state index contributed by atoms with van der Waals surface area (Å²) < 4.78 is 4.05. The smallest absolute Gasteiger partial charge is 0.255 e. The molecule has 1 aromatic carbocycles. The van der Waals surface area contributed by atoms with Gasteiger partial charge in [0.15, 0.2) is 11.6 Å². The molecule has 0 radical (unpaired) electrons. The number of aromatic nitrogens is 4. The topological polar surface area (TPSA) is 56.0 Å². The molecule has 8 heteroatoms. The van der Waals surface area contributed by atoms with Gasteiger partial charge in [0.1, 0.15) is 0 Å². The van der Waals surface area contributed by atoms with Gasteiger partial charge in [0.2, 0.25) is 0 Å². The number of rotatable bonds is 2.